The molecule has 0 amide bonds. The molecule has 1 rings (SSSR count). The molecule has 0 aliphatic carbocycles. The van der Waals surface area contributed by atoms with Gasteiger partial charge in [0.2, 0.25) is 0 Å². The average Bonchev–Trinajstić information content (AvgIpc) is 2.35. The molecule has 18 heavy (non-hydrogen) atoms. The number of halogens is 1. The van der Waals surface area contributed by atoms with E-state index in [0.29, 0.717) is 13.2 Å². The van der Waals surface area contributed by atoms with Gasteiger partial charge < -0.3 is 13.9 Å². The lowest BCUT2D eigenvalue weighted by atomic mass is 10.2. The molecule has 3 nitrogen and oxygen atoms in total. The van der Waals surface area contributed by atoms with Crippen LogP contribution in [-0.2, 0) is 20.3 Å². The smallest absolute Gasteiger partial charge is 0.261 e. The fraction of sp³-hybridized carbons (Fsp3) is 0.538. The van der Waals surface area contributed by atoms with Crippen molar-refractivity contribution in [3.05, 3.63) is 35.6 Å². The second-order valence-corrected chi connectivity index (χ2v) is 5.25. The van der Waals surface area contributed by atoms with Crippen LogP contribution in [0.25, 0.3) is 0 Å². The molecule has 1 aromatic carbocycles. The van der Waals surface area contributed by atoms with Crippen LogP contribution in [0.2, 0.25) is 6.04 Å². The summed E-state index contributed by atoms with van der Waals surface area (Å²) in [4.78, 5) is 0. The summed E-state index contributed by atoms with van der Waals surface area (Å²) in [5.74, 6) is -0.184. The summed E-state index contributed by atoms with van der Waals surface area (Å²) in [5, 5.41) is 0. The molecule has 0 aliphatic heterocycles. The monoisotopic (exact) mass is 272 g/mol. The predicted octanol–water partition coefficient (Wildman–Crippen LogP) is 2.24. The highest BCUT2D eigenvalue weighted by molar-refractivity contribution is 6.27. The first-order valence-electron chi connectivity index (χ1n) is 6.35. The zero-order chi connectivity index (χ0) is 13.2. The van der Waals surface area contributed by atoms with E-state index in [9.17, 15) is 4.39 Å². The Kier molecular flexibility index (Phi) is 7.83. The number of rotatable bonds is 9. The van der Waals surface area contributed by atoms with E-state index in [4.69, 9.17) is 13.9 Å². The number of ether oxygens (including phenoxy) is 2. The maximum absolute atomic E-state index is 12.9. The summed E-state index contributed by atoms with van der Waals surface area (Å²) in [7, 11) is -0.705. The minimum Gasteiger partial charge on any atom is -0.379 e. The average molecular weight is 272 g/mol. The molecule has 0 heterocycles. The molecule has 0 fully saturated rings. The topological polar surface area (TPSA) is 27.7 Å². The Hall–Kier alpha value is -0.753. The Morgan fingerprint density at radius 1 is 1.22 bits per heavy atom. The fourth-order valence-corrected chi connectivity index (χ4v) is 2.67. The maximum Gasteiger partial charge on any atom is 0.261 e. The van der Waals surface area contributed by atoms with Crippen LogP contribution in [0.3, 0.4) is 0 Å². The van der Waals surface area contributed by atoms with E-state index in [2.05, 4.69) is 0 Å². The van der Waals surface area contributed by atoms with Crippen LogP contribution in [0.15, 0.2) is 24.3 Å². The highest BCUT2D eigenvalue weighted by Crippen LogP contribution is 2.07. The standard InChI is InChI=1S/C13H21FO3Si/c1-3-15-13(16-4-2)17-18-9-8-11-6-5-7-12(14)10-11/h5-7,10,13H,3-4,8-9,18H2,1-2H3. The Morgan fingerprint density at radius 2 is 1.94 bits per heavy atom. The van der Waals surface area contributed by atoms with E-state index < -0.39 is 16.2 Å². The van der Waals surface area contributed by atoms with Crippen molar-refractivity contribution in [2.45, 2.75) is 32.8 Å². The number of hydrogen-bond donors (Lipinski definition) is 0. The Bertz CT molecular complexity index is 330. The van der Waals surface area contributed by atoms with Crippen LogP contribution in [0.5, 0.6) is 0 Å². The molecule has 0 saturated carbocycles. The molecule has 0 unspecified atom stereocenters. The number of benzene rings is 1. The largest absolute Gasteiger partial charge is 0.379 e. The van der Waals surface area contributed by atoms with Gasteiger partial charge in [0.1, 0.15) is 5.82 Å². The van der Waals surface area contributed by atoms with Crippen LogP contribution in [-0.4, -0.2) is 29.5 Å². The third-order valence-electron chi connectivity index (χ3n) is 2.36. The number of hydrogen-bond acceptors (Lipinski definition) is 3. The molecule has 0 aromatic heterocycles. The van der Waals surface area contributed by atoms with Gasteiger partial charge in [-0.3, -0.25) is 0 Å². The Morgan fingerprint density at radius 3 is 2.56 bits per heavy atom. The molecular weight excluding hydrogens is 251 g/mol. The Labute approximate surface area is 110 Å². The van der Waals surface area contributed by atoms with Gasteiger partial charge in [0.15, 0.2) is 9.76 Å². The van der Waals surface area contributed by atoms with Gasteiger partial charge in [0, 0.05) is 13.2 Å². The second-order valence-electron chi connectivity index (χ2n) is 3.80. The summed E-state index contributed by atoms with van der Waals surface area (Å²) in [5.41, 5.74) is 1.01. The zero-order valence-corrected chi connectivity index (χ0v) is 12.4. The fourth-order valence-electron chi connectivity index (χ4n) is 1.56. The van der Waals surface area contributed by atoms with Crippen molar-refractivity contribution in [2.24, 2.45) is 0 Å². The molecular formula is C13H21FO3Si. The minimum atomic E-state index is -0.705. The van der Waals surface area contributed by atoms with Crippen molar-refractivity contribution < 1.29 is 18.3 Å². The molecule has 0 radical (unpaired) electrons. The van der Waals surface area contributed by atoms with E-state index in [1.165, 1.54) is 6.07 Å². The van der Waals surface area contributed by atoms with E-state index in [0.717, 1.165) is 18.0 Å². The molecule has 102 valence electrons. The van der Waals surface area contributed by atoms with Crippen molar-refractivity contribution in [2.75, 3.05) is 13.2 Å². The van der Waals surface area contributed by atoms with Crippen molar-refractivity contribution in [1.82, 2.24) is 0 Å². The van der Waals surface area contributed by atoms with Crippen molar-refractivity contribution in [3.8, 4) is 0 Å². The van der Waals surface area contributed by atoms with Gasteiger partial charge in [-0.1, -0.05) is 12.1 Å². The molecule has 0 atom stereocenters. The summed E-state index contributed by atoms with van der Waals surface area (Å²) in [6.07, 6.45) is 0.842. The van der Waals surface area contributed by atoms with Crippen molar-refractivity contribution >= 4 is 9.76 Å². The third-order valence-corrected chi connectivity index (χ3v) is 3.51. The molecule has 0 aliphatic rings. The van der Waals surface area contributed by atoms with E-state index >= 15 is 0 Å². The van der Waals surface area contributed by atoms with E-state index in [-0.39, 0.29) is 5.82 Å². The van der Waals surface area contributed by atoms with Gasteiger partial charge in [-0.15, -0.1) is 0 Å². The normalized spacial score (nSPS) is 11.8. The second kappa shape index (κ2) is 9.21. The summed E-state index contributed by atoms with van der Waals surface area (Å²) in [6, 6.07) is 7.63. The summed E-state index contributed by atoms with van der Waals surface area (Å²) >= 11 is 0. The van der Waals surface area contributed by atoms with E-state index in [1.54, 1.807) is 12.1 Å². The summed E-state index contributed by atoms with van der Waals surface area (Å²) in [6.45, 7) is 4.43. The SMILES string of the molecule is CCOC(OCC)O[SiH2]CCc1cccc(F)c1. The van der Waals surface area contributed by atoms with Gasteiger partial charge in [0.05, 0.1) is 0 Å². The van der Waals surface area contributed by atoms with Crippen molar-refractivity contribution in [1.29, 1.82) is 0 Å². The lowest BCUT2D eigenvalue weighted by Crippen LogP contribution is -2.23. The van der Waals surface area contributed by atoms with E-state index in [1.807, 2.05) is 19.9 Å². The molecule has 0 spiro atoms. The highest BCUT2D eigenvalue weighted by Gasteiger charge is 2.07. The van der Waals surface area contributed by atoms with Crippen LogP contribution >= 0.6 is 0 Å². The Balaban J connectivity index is 2.20. The first-order valence-corrected chi connectivity index (χ1v) is 7.93. The zero-order valence-electron chi connectivity index (χ0n) is 11.0. The molecule has 1 aromatic rings. The first-order chi connectivity index (χ1) is 8.76. The van der Waals surface area contributed by atoms with Gasteiger partial charge in [0.25, 0.3) is 6.48 Å². The lowest BCUT2D eigenvalue weighted by molar-refractivity contribution is -0.243. The van der Waals surface area contributed by atoms with Crippen LogP contribution in [0, 0.1) is 5.82 Å². The van der Waals surface area contributed by atoms with Gasteiger partial charge >= 0.3 is 0 Å². The predicted molar refractivity (Wildman–Crippen MR) is 71.6 cm³/mol. The van der Waals surface area contributed by atoms with Crippen LogP contribution < -0.4 is 0 Å². The summed E-state index contributed by atoms with van der Waals surface area (Å²) < 4.78 is 29.1. The maximum atomic E-state index is 12.9. The quantitative estimate of drug-likeness (QED) is 0.392. The van der Waals surface area contributed by atoms with Gasteiger partial charge in [-0.25, -0.2) is 4.39 Å². The van der Waals surface area contributed by atoms with Gasteiger partial charge in [-0.2, -0.15) is 0 Å². The highest BCUT2D eigenvalue weighted by atomic mass is 28.2. The molecule has 0 saturated heterocycles. The first kappa shape index (κ1) is 15.3. The molecule has 0 N–H and O–H groups in total. The molecule has 0 bridgehead atoms. The number of aryl methyl sites for hydroxylation is 1. The minimum absolute atomic E-state index is 0.184. The van der Waals surface area contributed by atoms with Crippen LogP contribution in [0.4, 0.5) is 4.39 Å². The van der Waals surface area contributed by atoms with Gasteiger partial charge in [-0.05, 0) is 44.0 Å². The van der Waals surface area contributed by atoms with Crippen LogP contribution in [0.1, 0.15) is 19.4 Å². The molecule has 5 heteroatoms. The van der Waals surface area contributed by atoms with Crippen molar-refractivity contribution in [3.63, 3.8) is 0 Å². The lowest BCUT2D eigenvalue weighted by Gasteiger charge is -2.17. The third kappa shape index (κ3) is 6.25.